The van der Waals surface area contributed by atoms with Crippen molar-refractivity contribution in [2.45, 2.75) is 0 Å². The third kappa shape index (κ3) is 1.40. The topological polar surface area (TPSA) is 46.3 Å². The fraction of sp³-hybridized carbons (Fsp3) is 0.100. The molecule has 13 heavy (non-hydrogen) atoms. The first-order valence-corrected chi connectivity index (χ1v) is 3.84. The van der Waals surface area contributed by atoms with Gasteiger partial charge in [0.05, 0.1) is 11.6 Å². The molecule has 3 heteroatoms. The molecule has 0 aliphatic rings. The second-order valence-corrected chi connectivity index (χ2v) is 2.45. The minimum absolute atomic E-state index is 0.157. The second-order valence-electron chi connectivity index (χ2n) is 2.45. The molecule has 2 aromatic rings. The Kier molecular flexibility index (Phi) is 1.99. The molecule has 0 aromatic carbocycles. The summed E-state index contributed by atoms with van der Waals surface area (Å²) in [6.45, 7) is -0.157. The van der Waals surface area contributed by atoms with Crippen molar-refractivity contribution in [3.8, 4) is 11.8 Å². The number of hydrogen-bond donors (Lipinski definition) is 1. The molecule has 0 aliphatic heterocycles. The molecule has 0 aliphatic carbocycles. The van der Waals surface area contributed by atoms with Crippen molar-refractivity contribution in [1.82, 2.24) is 4.98 Å². The van der Waals surface area contributed by atoms with Crippen LogP contribution in [-0.2, 0) is 0 Å². The lowest BCUT2D eigenvalue weighted by Crippen LogP contribution is -1.82. The summed E-state index contributed by atoms with van der Waals surface area (Å²) < 4.78 is 5.17. The van der Waals surface area contributed by atoms with Crippen LogP contribution in [-0.4, -0.2) is 16.7 Å². The quantitative estimate of drug-likeness (QED) is 0.608. The number of pyridine rings is 1. The van der Waals surface area contributed by atoms with Crippen LogP contribution in [0, 0.1) is 11.8 Å². The van der Waals surface area contributed by atoms with Crippen molar-refractivity contribution in [2.75, 3.05) is 6.61 Å². The molecule has 0 saturated heterocycles. The van der Waals surface area contributed by atoms with Crippen molar-refractivity contribution in [2.24, 2.45) is 0 Å². The summed E-state index contributed by atoms with van der Waals surface area (Å²) in [4.78, 5) is 4.07. The zero-order chi connectivity index (χ0) is 9.10. The lowest BCUT2D eigenvalue weighted by Gasteiger charge is -1.90. The van der Waals surface area contributed by atoms with Crippen LogP contribution in [0.2, 0.25) is 0 Å². The molecule has 0 unspecified atom stereocenters. The van der Waals surface area contributed by atoms with Crippen molar-refractivity contribution < 1.29 is 9.52 Å². The Hall–Kier alpha value is -1.79. The maximum absolute atomic E-state index is 8.53. The van der Waals surface area contributed by atoms with E-state index in [1.165, 1.54) is 0 Å². The number of furan rings is 1. The predicted octanol–water partition coefficient (Wildman–Crippen LogP) is 1.17. The SMILES string of the molecule is OCC#Cc1nccc2occc12. The highest BCUT2D eigenvalue weighted by atomic mass is 16.3. The molecule has 0 fully saturated rings. The van der Waals surface area contributed by atoms with Crippen LogP contribution in [0.3, 0.4) is 0 Å². The van der Waals surface area contributed by atoms with Gasteiger partial charge in [0.1, 0.15) is 17.9 Å². The Morgan fingerprint density at radius 1 is 1.46 bits per heavy atom. The van der Waals surface area contributed by atoms with E-state index in [2.05, 4.69) is 16.8 Å². The zero-order valence-corrected chi connectivity index (χ0v) is 6.82. The van der Waals surface area contributed by atoms with Crippen LogP contribution in [0.5, 0.6) is 0 Å². The number of nitrogens with zero attached hydrogens (tertiary/aromatic N) is 1. The van der Waals surface area contributed by atoms with E-state index in [0.29, 0.717) is 5.69 Å². The van der Waals surface area contributed by atoms with Gasteiger partial charge in [0, 0.05) is 6.20 Å². The highest BCUT2D eigenvalue weighted by molar-refractivity contribution is 5.81. The Morgan fingerprint density at radius 3 is 3.23 bits per heavy atom. The van der Waals surface area contributed by atoms with Gasteiger partial charge in [0.2, 0.25) is 0 Å². The third-order valence-electron chi connectivity index (χ3n) is 1.67. The molecule has 0 bridgehead atoms. The number of fused-ring (bicyclic) bond motifs is 1. The van der Waals surface area contributed by atoms with Crippen LogP contribution in [0.1, 0.15) is 5.69 Å². The zero-order valence-electron chi connectivity index (χ0n) is 6.82. The second kappa shape index (κ2) is 3.30. The Labute approximate surface area is 75.0 Å². The minimum atomic E-state index is -0.157. The minimum Gasteiger partial charge on any atom is -0.464 e. The highest BCUT2D eigenvalue weighted by Gasteiger charge is 2.00. The van der Waals surface area contributed by atoms with Crippen LogP contribution in [0.15, 0.2) is 29.0 Å². The van der Waals surface area contributed by atoms with E-state index in [0.717, 1.165) is 11.0 Å². The number of rotatable bonds is 0. The van der Waals surface area contributed by atoms with Gasteiger partial charge < -0.3 is 9.52 Å². The van der Waals surface area contributed by atoms with Gasteiger partial charge in [0.25, 0.3) is 0 Å². The van der Waals surface area contributed by atoms with Gasteiger partial charge in [-0.1, -0.05) is 5.92 Å². The normalized spacial score (nSPS) is 9.62. The molecule has 0 atom stereocenters. The largest absolute Gasteiger partial charge is 0.464 e. The lowest BCUT2D eigenvalue weighted by atomic mass is 10.2. The maximum Gasteiger partial charge on any atom is 0.138 e. The van der Waals surface area contributed by atoms with Crippen molar-refractivity contribution in [1.29, 1.82) is 0 Å². The average Bonchev–Trinajstić information content (AvgIpc) is 2.62. The molecule has 1 N–H and O–H groups in total. The van der Waals surface area contributed by atoms with Gasteiger partial charge in [0.15, 0.2) is 0 Å². The summed E-state index contributed by atoms with van der Waals surface area (Å²) in [6.07, 6.45) is 3.23. The maximum atomic E-state index is 8.53. The molecular weight excluding hydrogens is 166 g/mol. The third-order valence-corrected chi connectivity index (χ3v) is 1.67. The Morgan fingerprint density at radius 2 is 2.38 bits per heavy atom. The first kappa shape index (κ1) is 7.84. The number of aliphatic hydroxyl groups is 1. The van der Waals surface area contributed by atoms with E-state index in [4.69, 9.17) is 9.52 Å². The molecule has 64 valence electrons. The standard InChI is InChI=1S/C10H7NO2/c12-6-1-2-9-8-4-7-13-10(8)3-5-11-9/h3-5,7,12H,6H2. The first-order chi connectivity index (χ1) is 6.42. The van der Waals surface area contributed by atoms with E-state index in [1.807, 2.05) is 6.07 Å². The molecule has 0 radical (unpaired) electrons. The van der Waals surface area contributed by atoms with Crippen LogP contribution in [0.25, 0.3) is 11.0 Å². The Bertz CT molecular complexity index is 476. The van der Waals surface area contributed by atoms with Crippen molar-refractivity contribution in [3.63, 3.8) is 0 Å². The summed E-state index contributed by atoms with van der Waals surface area (Å²) in [6, 6.07) is 3.59. The number of hydrogen-bond acceptors (Lipinski definition) is 3. The fourth-order valence-corrected chi connectivity index (χ4v) is 1.12. The van der Waals surface area contributed by atoms with Gasteiger partial charge in [-0.05, 0) is 18.1 Å². The highest BCUT2D eigenvalue weighted by Crippen LogP contribution is 2.16. The van der Waals surface area contributed by atoms with Crippen molar-refractivity contribution in [3.05, 3.63) is 30.3 Å². The number of aromatic nitrogens is 1. The van der Waals surface area contributed by atoms with Gasteiger partial charge in [-0.25, -0.2) is 4.98 Å². The van der Waals surface area contributed by atoms with Crippen LogP contribution in [0.4, 0.5) is 0 Å². The molecule has 0 saturated carbocycles. The van der Waals surface area contributed by atoms with E-state index in [-0.39, 0.29) is 6.61 Å². The number of aliphatic hydroxyl groups excluding tert-OH is 1. The lowest BCUT2D eigenvalue weighted by molar-refractivity contribution is 0.350. The molecule has 2 aromatic heterocycles. The van der Waals surface area contributed by atoms with Crippen molar-refractivity contribution >= 4 is 11.0 Å². The molecule has 3 nitrogen and oxygen atoms in total. The monoisotopic (exact) mass is 173 g/mol. The van der Waals surface area contributed by atoms with E-state index < -0.39 is 0 Å². The summed E-state index contributed by atoms with van der Waals surface area (Å²) in [7, 11) is 0. The molecular formula is C10H7NO2. The van der Waals surface area contributed by atoms with Gasteiger partial charge in [-0.2, -0.15) is 0 Å². The molecule has 2 rings (SSSR count). The summed E-state index contributed by atoms with van der Waals surface area (Å²) >= 11 is 0. The van der Waals surface area contributed by atoms with Gasteiger partial charge in [-0.15, -0.1) is 0 Å². The predicted molar refractivity (Wildman–Crippen MR) is 48.0 cm³/mol. The van der Waals surface area contributed by atoms with Gasteiger partial charge >= 0.3 is 0 Å². The van der Waals surface area contributed by atoms with Gasteiger partial charge in [-0.3, -0.25) is 0 Å². The fourth-order valence-electron chi connectivity index (χ4n) is 1.12. The van der Waals surface area contributed by atoms with Crippen LogP contribution < -0.4 is 0 Å². The molecule has 0 amide bonds. The van der Waals surface area contributed by atoms with E-state index in [1.54, 1.807) is 18.5 Å². The molecule has 0 spiro atoms. The summed E-state index contributed by atoms with van der Waals surface area (Å²) in [5.74, 6) is 5.30. The van der Waals surface area contributed by atoms with E-state index >= 15 is 0 Å². The van der Waals surface area contributed by atoms with E-state index in [9.17, 15) is 0 Å². The summed E-state index contributed by atoms with van der Waals surface area (Å²) in [5, 5.41) is 9.40. The smallest absolute Gasteiger partial charge is 0.138 e. The molecule has 2 heterocycles. The van der Waals surface area contributed by atoms with Crippen LogP contribution >= 0.6 is 0 Å². The summed E-state index contributed by atoms with van der Waals surface area (Å²) in [5.41, 5.74) is 1.40. The average molecular weight is 173 g/mol. The first-order valence-electron chi connectivity index (χ1n) is 3.84. The Balaban J connectivity index is 2.61.